The van der Waals surface area contributed by atoms with Crippen molar-refractivity contribution in [1.82, 2.24) is 30.0 Å². The van der Waals surface area contributed by atoms with Crippen LogP contribution >= 0.6 is 35.0 Å². The van der Waals surface area contributed by atoms with Crippen molar-refractivity contribution in [2.45, 2.75) is 96.1 Å². The molecule has 4 atom stereocenters. The summed E-state index contributed by atoms with van der Waals surface area (Å²) in [6, 6.07) is 17.1. The second-order valence-corrected chi connectivity index (χ2v) is 18.8. The van der Waals surface area contributed by atoms with Crippen LogP contribution in [0.25, 0.3) is 0 Å². The number of piperidine rings is 2. The molecule has 0 saturated carbocycles. The maximum atomic E-state index is 10.9. The molecule has 0 unspecified atom stereocenters. The van der Waals surface area contributed by atoms with Crippen LogP contribution in [0, 0.1) is 25.3 Å². The van der Waals surface area contributed by atoms with Crippen molar-refractivity contribution in [2.75, 3.05) is 58.7 Å². The number of morpholine rings is 2. The van der Waals surface area contributed by atoms with E-state index >= 15 is 0 Å². The Morgan fingerprint density at radius 1 is 0.899 bits per heavy atom. The molecule has 5 aliphatic heterocycles. The molecule has 0 bridgehead atoms. The lowest BCUT2D eigenvalue weighted by atomic mass is 9.96. The van der Waals surface area contributed by atoms with Gasteiger partial charge in [-0.25, -0.2) is 9.97 Å². The maximum Gasteiger partial charge on any atom is 0.300 e. The molecule has 0 radical (unpaired) electrons. The first kappa shape index (κ1) is 53.0. The second-order valence-electron chi connectivity index (χ2n) is 17.2. The Morgan fingerprint density at radius 3 is 1.96 bits per heavy atom. The molecular formula is C48H61Cl2N11O7S. The highest BCUT2D eigenvalue weighted by Crippen LogP contribution is 2.31. The SMILES string of the molecule is CC(=O)O.CSC(=NC#N)N1CCC(=O)CC1.Cc1coc([C@H]2CN(C3CCN(C4=NN=C(N)C4)CC3)[C@@H](Cc3ccc(Cl)cc3)CO2)n1.Cc1coc([C@H]2CN[C@@H](Cc3ccc(Cl)cc3)CO2)n1. The van der Waals surface area contributed by atoms with E-state index in [0.29, 0.717) is 87.1 Å². The highest BCUT2D eigenvalue weighted by molar-refractivity contribution is 8.13. The number of rotatable bonds is 7. The fourth-order valence-electron chi connectivity index (χ4n) is 8.46. The zero-order chi connectivity index (χ0) is 49.3. The number of ketones is 1. The fourth-order valence-corrected chi connectivity index (χ4v) is 9.29. The van der Waals surface area contributed by atoms with Gasteiger partial charge in [0, 0.05) is 87.2 Å². The molecule has 21 heteroatoms. The lowest BCUT2D eigenvalue weighted by molar-refractivity contribution is -0.134. The zero-order valence-electron chi connectivity index (χ0n) is 39.4. The summed E-state index contributed by atoms with van der Waals surface area (Å²) < 4.78 is 23.1. The molecule has 18 nitrogen and oxygen atoms in total. The van der Waals surface area contributed by atoms with Crippen LogP contribution in [0.15, 0.2) is 85.1 Å². The Morgan fingerprint density at radius 2 is 1.46 bits per heavy atom. The van der Waals surface area contributed by atoms with Gasteiger partial charge in [-0.05, 0) is 81.2 Å². The van der Waals surface area contributed by atoms with E-state index < -0.39 is 5.97 Å². The molecule has 69 heavy (non-hydrogen) atoms. The van der Waals surface area contributed by atoms with Crippen LogP contribution in [0.2, 0.25) is 10.0 Å². The minimum atomic E-state index is -0.833. The van der Waals surface area contributed by atoms with Crippen molar-refractivity contribution >= 4 is 63.6 Å². The summed E-state index contributed by atoms with van der Waals surface area (Å²) in [7, 11) is 0. The van der Waals surface area contributed by atoms with Gasteiger partial charge in [0.25, 0.3) is 5.97 Å². The van der Waals surface area contributed by atoms with Crippen molar-refractivity contribution < 1.29 is 33.0 Å². The molecule has 370 valence electrons. The first-order chi connectivity index (χ1) is 33.3. The normalized spacial score (nSPS) is 22.2. The topological polar surface area (TPSA) is 234 Å². The number of carboxylic acid groups (broad SMARTS) is 1. The average Bonchev–Trinajstić information content (AvgIpc) is 4.12. The van der Waals surface area contributed by atoms with E-state index in [0.717, 1.165) is 91.2 Å². The van der Waals surface area contributed by atoms with Gasteiger partial charge in [0.05, 0.1) is 31.0 Å². The predicted molar refractivity (Wildman–Crippen MR) is 266 cm³/mol. The van der Waals surface area contributed by atoms with E-state index in [2.05, 4.69) is 52.4 Å². The number of carbonyl (C=O) groups is 2. The second kappa shape index (κ2) is 26.6. The molecule has 0 amide bonds. The number of hydrogen-bond donors (Lipinski definition) is 3. The fraction of sp³-hybridized carbons (Fsp3) is 0.500. The molecule has 4 fully saturated rings. The number of halogens is 2. The Labute approximate surface area is 417 Å². The van der Waals surface area contributed by atoms with Crippen molar-refractivity contribution in [3.63, 3.8) is 0 Å². The number of amidine groups is 3. The zero-order valence-corrected chi connectivity index (χ0v) is 41.8. The van der Waals surface area contributed by atoms with E-state index in [1.54, 1.807) is 18.7 Å². The number of thioether (sulfide) groups is 1. The summed E-state index contributed by atoms with van der Waals surface area (Å²) in [5.74, 6) is 2.38. The average molecular weight is 1010 g/mol. The van der Waals surface area contributed by atoms with Crippen molar-refractivity contribution in [1.29, 1.82) is 5.26 Å². The summed E-state index contributed by atoms with van der Waals surface area (Å²) in [4.78, 5) is 39.4. The molecule has 0 spiro atoms. The molecule has 4 saturated heterocycles. The third-order valence-electron chi connectivity index (χ3n) is 11.9. The van der Waals surface area contributed by atoms with Gasteiger partial charge in [-0.15, -0.1) is 15.2 Å². The monoisotopic (exact) mass is 1010 g/mol. The number of oxazole rings is 2. The van der Waals surface area contributed by atoms with Gasteiger partial charge in [0.2, 0.25) is 18.0 Å². The maximum absolute atomic E-state index is 10.9. The van der Waals surface area contributed by atoms with Gasteiger partial charge in [-0.3, -0.25) is 14.5 Å². The molecule has 7 heterocycles. The number of aliphatic imine (C=N–C) groups is 1. The van der Waals surface area contributed by atoms with E-state index in [-0.39, 0.29) is 12.2 Å². The lowest BCUT2D eigenvalue weighted by Gasteiger charge is -2.46. The molecule has 9 rings (SSSR count). The van der Waals surface area contributed by atoms with Crippen LogP contribution in [0.4, 0.5) is 0 Å². The summed E-state index contributed by atoms with van der Waals surface area (Å²) in [5, 5.41) is 29.8. The van der Waals surface area contributed by atoms with Crippen LogP contribution in [0.3, 0.4) is 0 Å². The third-order valence-corrected chi connectivity index (χ3v) is 13.1. The third kappa shape index (κ3) is 16.7. The Hall–Kier alpha value is -5.33. The molecule has 2 aromatic carbocycles. The predicted octanol–water partition coefficient (Wildman–Crippen LogP) is 7.01. The highest BCUT2D eigenvalue weighted by atomic mass is 35.5. The molecule has 4 N–H and O–H groups in total. The lowest BCUT2D eigenvalue weighted by Crippen LogP contribution is -2.55. The smallest absolute Gasteiger partial charge is 0.300 e. The number of aryl methyl sites for hydroxylation is 2. The number of nitrogens with zero attached hydrogens (tertiary/aromatic N) is 9. The van der Waals surface area contributed by atoms with E-state index in [1.807, 2.05) is 61.4 Å². The Kier molecular flexibility index (Phi) is 20.4. The van der Waals surface area contributed by atoms with Crippen LogP contribution in [-0.2, 0) is 31.9 Å². The summed E-state index contributed by atoms with van der Waals surface area (Å²) in [6.07, 6.45) is 12.5. The van der Waals surface area contributed by atoms with Crippen molar-refractivity contribution in [3.05, 3.63) is 105 Å². The van der Waals surface area contributed by atoms with Gasteiger partial charge >= 0.3 is 0 Å². The quantitative estimate of drug-likeness (QED) is 0.0960. The largest absolute Gasteiger partial charge is 0.481 e. The number of nitrogens with one attached hydrogen (secondary N) is 1. The highest BCUT2D eigenvalue weighted by Gasteiger charge is 2.38. The summed E-state index contributed by atoms with van der Waals surface area (Å²) in [5.41, 5.74) is 10.1. The minimum Gasteiger partial charge on any atom is -0.481 e. The number of aromatic nitrogens is 2. The van der Waals surface area contributed by atoms with Crippen LogP contribution in [0.5, 0.6) is 0 Å². The summed E-state index contributed by atoms with van der Waals surface area (Å²) in [6.45, 7) is 11.0. The number of nitrogens with two attached hydrogens (primary N) is 1. The van der Waals surface area contributed by atoms with Gasteiger partial charge in [-0.2, -0.15) is 5.26 Å². The number of ether oxygens (including phenoxy) is 2. The van der Waals surface area contributed by atoms with Gasteiger partial charge < -0.3 is 44.3 Å². The first-order valence-corrected chi connectivity index (χ1v) is 24.9. The molecule has 4 aromatic rings. The van der Waals surface area contributed by atoms with E-state index in [1.165, 1.54) is 22.9 Å². The molecular weight excluding hydrogens is 946 g/mol. The number of aliphatic carboxylic acids is 1. The molecule has 2 aromatic heterocycles. The van der Waals surface area contributed by atoms with Gasteiger partial charge in [0.15, 0.2) is 5.17 Å². The number of hydrogen-bond acceptors (Lipinski definition) is 17. The van der Waals surface area contributed by atoms with Crippen molar-refractivity contribution in [2.24, 2.45) is 20.9 Å². The number of Topliss-reactive ketones (excluding diaryl/α,β-unsaturated/α-hetero) is 1. The van der Waals surface area contributed by atoms with E-state index in [9.17, 15) is 4.79 Å². The van der Waals surface area contributed by atoms with Crippen molar-refractivity contribution in [3.8, 4) is 6.19 Å². The van der Waals surface area contributed by atoms with Gasteiger partial charge in [0.1, 0.15) is 42.2 Å². The number of nitriles is 1. The number of benzene rings is 2. The van der Waals surface area contributed by atoms with Crippen LogP contribution in [-0.4, -0.2) is 135 Å². The Balaban J connectivity index is 0.000000180. The standard InChI is InChI=1S/C23H29ClN6O2.C15H17ClN2O2.C8H11N3OS.C2H4O2/c1-15-13-32-23(26-15)20-12-30(19(14-31-20)10-16-2-4-17(24)5-3-16)18-6-8-29(9-7-18)22-11-21(25)27-28-22;1-10-8-20-15(18-10)14-7-17-13(9-19-14)6-11-2-4-12(16)5-3-11;1-13-8(10-6-9)11-4-2-7(12)3-5-11;1-2(3)4/h2-5,13,18-20H,6-12,14H2,1H3,(H2,25,27);2-5,8,13-14,17H,6-7,9H2,1H3;2-5H2,1H3;1H3,(H,3,4)/t19-,20+;13-,14+;;/m00../s1. The van der Waals surface area contributed by atoms with E-state index in [4.69, 9.17) is 62.4 Å². The molecule has 5 aliphatic rings. The number of carboxylic acids is 1. The minimum absolute atomic E-state index is 0.0924. The van der Waals surface area contributed by atoms with Crippen LogP contribution < -0.4 is 11.1 Å². The summed E-state index contributed by atoms with van der Waals surface area (Å²) >= 11 is 13.4. The Bertz CT molecular complexity index is 2400. The molecule has 0 aliphatic carbocycles. The first-order valence-electron chi connectivity index (χ1n) is 22.9. The van der Waals surface area contributed by atoms with Gasteiger partial charge in [-0.1, -0.05) is 59.2 Å². The van der Waals surface area contributed by atoms with Crippen LogP contribution in [0.1, 0.15) is 85.5 Å². The number of carbonyl (C=O) groups excluding carboxylic acids is 1. The number of likely N-dealkylation sites (tertiary alicyclic amines) is 2.